The van der Waals surface area contributed by atoms with Crippen LogP contribution in [-0.4, -0.2) is 10.9 Å². The molecule has 110 valence electrons. The molecule has 3 nitrogen and oxygen atoms in total. The Hall–Kier alpha value is -1.56. The van der Waals surface area contributed by atoms with E-state index in [0.717, 1.165) is 12.1 Å². The molecule has 0 aliphatic rings. The van der Waals surface area contributed by atoms with Crippen molar-refractivity contribution in [3.63, 3.8) is 0 Å². The molecule has 20 heavy (non-hydrogen) atoms. The van der Waals surface area contributed by atoms with Crippen LogP contribution < -0.4 is 11.1 Å². The van der Waals surface area contributed by atoms with Gasteiger partial charge in [0.05, 0.1) is 10.4 Å². The number of nitrogens with two attached hydrogens (primary N) is 1. The third-order valence-corrected chi connectivity index (χ3v) is 3.94. The predicted octanol–water partition coefficient (Wildman–Crippen LogP) is 2.67. The van der Waals surface area contributed by atoms with Crippen LogP contribution >= 0.6 is 12.2 Å². The maximum Gasteiger partial charge on any atom is 0.233 e. The van der Waals surface area contributed by atoms with Crippen LogP contribution in [0.1, 0.15) is 32.3 Å². The van der Waals surface area contributed by atoms with E-state index >= 15 is 0 Å². The fourth-order valence-electron chi connectivity index (χ4n) is 2.03. The Morgan fingerprint density at radius 2 is 1.90 bits per heavy atom. The van der Waals surface area contributed by atoms with E-state index in [1.165, 1.54) is 6.07 Å². The van der Waals surface area contributed by atoms with E-state index in [4.69, 9.17) is 18.0 Å². The molecule has 0 aromatic heterocycles. The molecule has 0 aliphatic heterocycles. The fraction of sp³-hybridized carbons (Fsp3) is 0.429. The van der Waals surface area contributed by atoms with Crippen LogP contribution in [0.4, 0.5) is 8.78 Å². The van der Waals surface area contributed by atoms with Gasteiger partial charge in [0.2, 0.25) is 5.91 Å². The maximum atomic E-state index is 13.1. The van der Waals surface area contributed by atoms with E-state index in [1.807, 2.05) is 13.8 Å². The van der Waals surface area contributed by atoms with Crippen molar-refractivity contribution in [1.29, 1.82) is 0 Å². The Morgan fingerprint density at radius 3 is 2.35 bits per heavy atom. The van der Waals surface area contributed by atoms with Crippen LogP contribution in [0, 0.1) is 17.0 Å². The Labute approximate surface area is 122 Å². The summed E-state index contributed by atoms with van der Waals surface area (Å²) in [7, 11) is 0. The molecule has 0 heterocycles. The summed E-state index contributed by atoms with van der Waals surface area (Å²) >= 11 is 4.98. The summed E-state index contributed by atoms with van der Waals surface area (Å²) in [5.41, 5.74) is 5.25. The maximum absolute atomic E-state index is 13.1. The van der Waals surface area contributed by atoms with Crippen molar-refractivity contribution in [3.05, 3.63) is 35.4 Å². The molecular formula is C14H18F2N2OS. The second kappa shape index (κ2) is 6.74. The van der Waals surface area contributed by atoms with Crippen molar-refractivity contribution in [2.45, 2.75) is 33.2 Å². The second-order valence-corrected chi connectivity index (χ2v) is 5.02. The number of rotatable bonds is 6. The molecule has 1 amide bonds. The van der Waals surface area contributed by atoms with Gasteiger partial charge in [-0.05, 0) is 30.5 Å². The van der Waals surface area contributed by atoms with Crippen LogP contribution in [0.2, 0.25) is 0 Å². The van der Waals surface area contributed by atoms with Gasteiger partial charge in [-0.15, -0.1) is 0 Å². The Bertz CT molecular complexity index is 516. The van der Waals surface area contributed by atoms with E-state index in [1.54, 1.807) is 0 Å². The first-order valence-electron chi connectivity index (χ1n) is 6.39. The highest BCUT2D eigenvalue weighted by Crippen LogP contribution is 2.27. The van der Waals surface area contributed by atoms with Crippen LogP contribution in [0.25, 0.3) is 0 Å². The first kappa shape index (κ1) is 16.5. The van der Waals surface area contributed by atoms with E-state index < -0.39 is 17.0 Å². The van der Waals surface area contributed by atoms with Crippen molar-refractivity contribution in [2.24, 2.45) is 11.1 Å². The van der Waals surface area contributed by atoms with Gasteiger partial charge in [0.15, 0.2) is 11.6 Å². The molecule has 0 radical (unpaired) electrons. The lowest BCUT2D eigenvalue weighted by atomic mass is 9.81. The minimum atomic E-state index is -0.941. The number of carbonyl (C=O) groups excluding carboxylic acids is 1. The van der Waals surface area contributed by atoms with E-state index in [2.05, 4.69) is 5.32 Å². The van der Waals surface area contributed by atoms with Gasteiger partial charge >= 0.3 is 0 Å². The zero-order valence-corrected chi connectivity index (χ0v) is 12.3. The molecule has 1 aromatic rings. The number of amides is 1. The molecular weight excluding hydrogens is 282 g/mol. The summed E-state index contributed by atoms with van der Waals surface area (Å²) in [4.78, 5) is 12.4. The largest absolute Gasteiger partial charge is 0.392 e. The van der Waals surface area contributed by atoms with Crippen molar-refractivity contribution < 1.29 is 13.6 Å². The lowest BCUT2D eigenvalue weighted by Gasteiger charge is -2.28. The van der Waals surface area contributed by atoms with Gasteiger partial charge < -0.3 is 11.1 Å². The topological polar surface area (TPSA) is 55.1 Å². The lowest BCUT2D eigenvalue weighted by Crippen LogP contribution is -2.48. The first-order valence-corrected chi connectivity index (χ1v) is 6.80. The molecule has 0 spiro atoms. The van der Waals surface area contributed by atoms with Gasteiger partial charge in [-0.1, -0.05) is 32.1 Å². The smallest absolute Gasteiger partial charge is 0.233 e. The summed E-state index contributed by atoms with van der Waals surface area (Å²) in [5, 5.41) is 2.67. The first-order chi connectivity index (χ1) is 9.37. The van der Waals surface area contributed by atoms with Gasteiger partial charge in [-0.3, -0.25) is 4.79 Å². The van der Waals surface area contributed by atoms with Crippen molar-refractivity contribution >= 4 is 23.1 Å². The van der Waals surface area contributed by atoms with Gasteiger partial charge in [0, 0.05) is 6.54 Å². The van der Waals surface area contributed by atoms with Crippen LogP contribution in [0.15, 0.2) is 18.2 Å². The standard InChI is InChI=1S/C14H18F2N2OS/c1-3-14(4-2,12(17)20)13(19)18-8-9-5-6-10(15)11(16)7-9/h5-7H,3-4,8H2,1-2H3,(H2,17,20)(H,18,19). The molecule has 1 aromatic carbocycles. The average Bonchev–Trinajstić information content (AvgIpc) is 2.41. The van der Waals surface area contributed by atoms with Gasteiger partial charge in [-0.25, -0.2) is 8.78 Å². The van der Waals surface area contributed by atoms with Crippen LogP contribution in [0.5, 0.6) is 0 Å². The monoisotopic (exact) mass is 300 g/mol. The average molecular weight is 300 g/mol. The summed E-state index contributed by atoms with van der Waals surface area (Å²) in [6.45, 7) is 3.76. The SMILES string of the molecule is CCC(CC)(C(=O)NCc1ccc(F)c(F)c1)C(N)=S. The minimum absolute atomic E-state index is 0.0976. The summed E-state index contributed by atoms with van der Waals surface area (Å²) in [6, 6.07) is 3.49. The molecule has 0 atom stereocenters. The van der Waals surface area contributed by atoms with Crippen molar-refractivity contribution in [3.8, 4) is 0 Å². The number of carbonyl (C=O) groups is 1. The number of hydrogen-bond acceptors (Lipinski definition) is 2. The number of thiocarbonyl (C=S) groups is 1. The van der Waals surface area contributed by atoms with Gasteiger partial charge in [0.1, 0.15) is 0 Å². The highest BCUT2D eigenvalue weighted by atomic mass is 32.1. The van der Waals surface area contributed by atoms with Crippen molar-refractivity contribution in [1.82, 2.24) is 5.32 Å². The van der Waals surface area contributed by atoms with Gasteiger partial charge in [0.25, 0.3) is 0 Å². The number of benzene rings is 1. The molecule has 3 N–H and O–H groups in total. The molecule has 6 heteroatoms. The highest BCUT2D eigenvalue weighted by molar-refractivity contribution is 7.80. The number of nitrogens with one attached hydrogen (secondary N) is 1. The third-order valence-electron chi connectivity index (χ3n) is 3.55. The molecule has 0 unspecified atom stereocenters. The molecule has 1 rings (SSSR count). The molecule has 0 saturated carbocycles. The Kier molecular flexibility index (Phi) is 5.56. The highest BCUT2D eigenvalue weighted by Gasteiger charge is 2.37. The molecule has 0 aliphatic carbocycles. The number of hydrogen-bond donors (Lipinski definition) is 2. The summed E-state index contributed by atoms with van der Waals surface area (Å²) < 4.78 is 25.9. The Balaban J connectivity index is 2.80. The summed E-state index contributed by atoms with van der Waals surface area (Å²) in [6.07, 6.45) is 0.977. The predicted molar refractivity (Wildman–Crippen MR) is 78.0 cm³/mol. The normalized spacial score (nSPS) is 11.2. The fourth-order valence-corrected chi connectivity index (χ4v) is 2.41. The van der Waals surface area contributed by atoms with Crippen molar-refractivity contribution in [2.75, 3.05) is 0 Å². The van der Waals surface area contributed by atoms with Gasteiger partial charge in [-0.2, -0.15) is 0 Å². The lowest BCUT2D eigenvalue weighted by molar-refractivity contribution is -0.128. The zero-order valence-electron chi connectivity index (χ0n) is 11.5. The minimum Gasteiger partial charge on any atom is -0.392 e. The van der Waals surface area contributed by atoms with Crippen LogP contribution in [0.3, 0.4) is 0 Å². The second-order valence-electron chi connectivity index (χ2n) is 4.58. The third kappa shape index (κ3) is 3.30. The Morgan fingerprint density at radius 1 is 1.30 bits per heavy atom. The zero-order chi connectivity index (χ0) is 15.3. The van der Waals surface area contributed by atoms with E-state index in [0.29, 0.717) is 18.4 Å². The van der Waals surface area contributed by atoms with Crippen LogP contribution in [-0.2, 0) is 11.3 Å². The van der Waals surface area contributed by atoms with E-state index in [-0.39, 0.29) is 17.4 Å². The molecule has 0 fully saturated rings. The summed E-state index contributed by atoms with van der Waals surface area (Å²) in [5.74, 6) is -2.15. The molecule has 0 bridgehead atoms. The quantitative estimate of drug-likeness (QED) is 0.794. The van der Waals surface area contributed by atoms with E-state index in [9.17, 15) is 13.6 Å². The molecule has 0 saturated heterocycles. The number of halogens is 2.